The van der Waals surface area contributed by atoms with Crippen molar-refractivity contribution in [1.82, 2.24) is 60.0 Å². The lowest BCUT2D eigenvalue weighted by Crippen LogP contribution is -2.50. The first-order valence-electron chi connectivity index (χ1n) is 24.8. The van der Waals surface area contributed by atoms with Crippen LogP contribution in [0.2, 0.25) is 0 Å². The van der Waals surface area contributed by atoms with Crippen molar-refractivity contribution in [3.63, 3.8) is 0 Å². The van der Waals surface area contributed by atoms with Gasteiger partial charge in [0.1, 0.15) is 5.78 Å². The van der Waals surface area contributed by atoms with Gasteiger partial charge in [-0.1, -0.05) is 24.3 Å². The molecule has 0 aromatic carbocycles. The Hall–Kier alpha value is -5.56. The Kier molecular flexibility index (Phi) is 25.4. The van der Waals surface area contributed by atoms with Crippen molar-refractivity contribution >= 4 is 23.6 Å². The molecule has 0 atom stereocenters. The molecule has 4 aromatic heterocycles. The number of ether oxygens (including phenoxy) is 1. The van der Waals surface area contributed by atoms with Crippen LogP contribution in [0.4, 0.5) is 0 Å². The minimum absolute atomic E-state index is 0.0184. The summed E-state index contributed by atoms with van der Waals surface area (Å²) in [5.41, 5.74) is 4.13. The molecule has 17 nitrogen and oxygen atoms in total. The Morgan fingerprint density at radius 2 is 0.884 bits per heavy atom. The molecule has 0 radical (unpaired) electrons. The molecule has 2 N–H and O–H groups in total. The average Bonchev–Trinajstić information content (AvgIpc) is 3.36. The lowest BCUT2D eigenvalue weighted by atomic mass is 10.2. The molecule has 374 valence electrons. The molecule has 0 unspecified atom stereocenters. The van der Waals surface area contributed by atoms with E-state index in [-0.39, 0.29) is 36.7 Å². The molecule has 1 aliphatic rings. The van der Waals surface area contributed by atoms with E-state index in [0.717, 1.165) is 74.6 Å². The van der Waals surface area contributed by atoms with Crippen molar-refractivity contribution in [2.24, 2.45) is 0 Å². The predicted molar refractivity (Wildman–Crippen MR) is 268 cm³/mol. The number of carbonyl (C=O) groups is 4. The summed E-state index contributed by atoms with van der Waals surface area (Å²) in [4.78, 5) is 83.5. The smallest absolute Gasteiger partial charge is 0.320 e. The van der Waals surface area contributed by atoms with Gasteiger partial charge >= 0.3 is 5.97 Å². The van der Waals surface area contributed by atoms with Gasteiger partial charge in [-0.25, -0.2) is 0 Å². The Morgan fingerprint density at radius 3 is 1.26 bits per heavy atom. The predicted octanol–water partition coefficient (Wildman–Crippen LogP) is 2.14. The second-order valence-electron chi connectivity index (χ2n) is 17.6. The number of carbonyl (C=O) groups excluding carboxylic acids is 4. The molecule has 1 fully saturated rings. The molecule has 0 saturated carbocycles. The first kappa shape index (κ1) is 54.4. The zero-order chi connectivity index (χ0) is 48.7. The maximum absolute atomic E-state index is 13.6. The molecule has 0 spiro atoms. The molecule has 5 heterocycles. The molecule has 1 aliphatic heterocycles. The van der Waals surface area contributed by atoms with Gasteiger partial charge in [0.2, 0.25) is 11.8 Å². The third-order valence-electron chi connectivity index (χ3n) is 12.2. The first-order valence-corrected chi connectivity index (χ1v) is 24.8. The highest BCUT2D eigenvalue weighted by Crippen LogP contribution is 2.06. The minimum atomic E-state index is -0.294. The van der Waals surface area contributed by atoms with Crippen LogP contribution in [0.5, 0.6) is 0 Å². The van der Waals surface area contributed by atoms with Gasteiger partial charge in [-0.2, -0.15) is 0 Å². The van der Waals surface area contributed by atoms with E-state index in [1.54, 1.807) is 13.8 Å². The van der Waals surface area contributed by atoms with Crippen molar-refractivity contribution in [2.75, 3.05) is 138 Å². The number of ketones is 1. The number of hydrogen-bond acceptors (Lipinski definition) is 15. The van der Waals surface area contributed by atoms with Crippen LogP contribution in [0.25, 0.3) is 0 Å². The lowest BCUT2D eigenvalue weighted by Gasteiger charge is -2.33. The number of amides is 2. The van der Waals surface area contributed by atoms with Crippen LogP contribution in [0, 0.1) is 0 Å². The van der Waals surface area contributed by atoms with Crippen LogP contribution in [0.15, 0.2) is 97.6 Å². The monoisotopic (exact) mass is 949 g/mol. The zero-order valence-electron chi connectivity index (χ0n) is 41.1. The fraction of sp³-hybridized carbons (Fsp3) is 0.538. The van der Waals surface area contributed by atoms with E-state index < -0.39 is 0 Å². The number of pyridine rings is 4. The van der Waals surface area contributed by atoms with E-state index in [9.17, 15) is 19.2 Å². The molecule has 0 aliphatic carbocycles. The van der Waals surface area contributed by atoms with Crippen LogP contribution >= 0.6 is 0 Å². The maximum atomic E-state index is 13.6. The van der Waals surface area contributed by atoms with Crippen LogP contribution in [0.3, 0.4) is 0 Å². The van der Waals surface area contributed by atoms with Gasteiger partial charge in [-0.3, -0.25) is 53.8 Å². The second kappa shape index (κ2) is 32.3. The summed E-state index contributed by atoms with van der Waals surface area (Å²) in [5.74, 6) is -0.312. The highest BCUT2D eigenvalue weighted by Gasteiger charge is 2.21. The van der Waals surface area contributed by atoms with Gasteiger partial charge in [0.15, 0.2) is 0 Å². The highest BCUT2D eigenvalue weighted by molar-refractivity contribution is 5.78. The minimum Gasteiger partial charge on any atom is -0.465 e. The van der Waals surface area contributed by atoms with Crippen molar-refractivity contribution in [3.05, 3.63) is 120 Å². The maximum Gasteiger partial charge on any atom is 0.320 e. The number of hydrogen-bond donors (Lipinski definition) is 2. The summed E-state index contributed by atoms with van der Waals surface area (Å²) < 4.78 is 5.36. The standard InChI is InChI=1S/C52H76N12O5/c1-3-69-52(68)44-64-37-35-61(31-20-50(66)57-25-32-59(27-16-46-12-4-8-21-53-46)28-17-47-13-5-9-22-54-47)34-36-62(42-45(2)65)38-39-63(40-41-64)43-51(67)58-26-33-60(29-18-48-14-6-10-23-55-48)30-19-49-15-7-11-24-56-49/h4-15,21-24H,3,16-20,25-44H2,1-2H3,(H,57,66)(H,58,67). The van der Waals surface area contributed by atoms with Gasteiger partial charge in [0.05, 0.1) is 26.2 Å². The number of nitrogens with zero attached hydrogens (tertiary/aromatic N) is 10. The zero-order valence-corrected chi connectivity index (χ0v) is 41.1. The van der Waals surface area contributed by atoms with Crippen LogP contribution in [0.1, 0.15) is 43.0 Å². The molecular formula is C52H76N12O5. The second-order valence-corrected chi connectivity index (χ2v) is 17.6. The van der Waals surface area contributed by atoms with E-state index in [4.69, 9.17) is 4.74 Å². The summed E-state index contributed by atoms with van der Waals surface area (Å²) in [6.07, 6.45) is 10.8. The number of nitrogens with one attached hydrogen (secondary N) is 2. The third-order valence-corrected chi connectivity index (χ3v) is 12.2. The van der Waals surface area contributed by atoms with E-state index >= 15 is 0 Å². The summed E-state index contributed by atoms with van der Waals surface area (Å²) in [6, 6.07) is 23.8. The molecule has 1 saturated heterocycles. The first-order chi connectivity index (χ1) is 33.7. The molecular weight excluding hydrogens is 873 g/mol. The fourth-order valence-corrected chi connectivity index (χ4v) is 8.24. The van der Waals surface area contributed by atoms with E-state index in [2.05, 4.69) is 60.0 Å². The van der Waals surface area contributed by atoms with Crippen molar-refractivity contribution in [3.8, 4) is 0 Å². The van der Waals surface area contributed by atoms with Crippen molar-refractivity contribution in [2.45, 2.75) is 46.0 Å². The normalized spacial score (nSPS) is 14.8. The molecule has 17 heteroatoms. The van der Waals surface area contributed by atoms with Gasteiger partial charge in [0.25, 0.3) is 0 Å². The third kappa shape index (κ3) is 23.5. The largest absolute Gasteiger partial charge is 0.465 e. The van der Waals surface area contributed by atoms with Crippen LogP contribution in [-0.2, 0) is 49.6 Å². The van der Waals surface area contributed by atoms with Gasteiger partial charge < -0.3 is 30.1 Å². The molecule has 5 rings (SSSR count). The number of Topliss-reactive ketones (excluding diaryl/α,β-unsaturated/α-hetero) is 1. The summed E-state index contributed by atoms with van der Waals surface area (Å²) in [5, 5.41) is 6.31. The molecule has 4 aromatic rings. The fourth-order valence-electron chi connectivity index (χ4n) is 8.24. The Bertz CT molecular complexity index is 1950. The van der Waals surface area contributed by atoms with E-state index in [1.165, 1.54) is 0 Å². The van der Waals surface area contributed by atoms with E-state index in [0.29, 0.717) is 105 Å². The molecule has 2 amide bonds. The van der Waals surface area contributed by atoms with Gasteiger partial charge in [0, 0.05) is 191 Å². The Morgan fingerprint density at radius 1 is 0.507 bits per heavy atom. The lowest BCUT2D eigenvalue weighted by molar-refractivity contribution is -0.144. The molecule has 0 bridgehead atoms. The molecule has 69 heavy (non-hydrogen) atoms. The Labute approximate surface area is 410 Å². The average molecular weight is 949 g/mol. The number of esters is 1. The van der Waals surface area contributed by atoms with Crippen molar-refractivity contribution in [1.29, 1.82) is 0 Å². The summed E-state index contributed by atoms with van der Waals surface area (Å²) >= 11 is 0. The SMILES string of the molecule is CCOC(=O)CN1CCN(CCC(=O)NCCN(CCc2ccccn2)CCc2ccccn2)CCN(CC(C)=O)CCN(CC(=O)NCCN(CCc2ccccn2)CCc2ccccn2)CC1. The number of aromatic nitrogens is 4. The highest BCUT2D eigenvalue weighted by atomic mass is 16.5. The van der Waals surface area contributed by atoms with Crippen molar-refractivity contribution < 1.29 is 23.9 Å². The van der Waals surface area contributed by atoms with Crippen LogP contribution < -0.4 is 10.6 Å². The summed E-state index contributed by atoms with van der Waals surface area (Å²) in [7, 11) is 0. The van der Waals surface area contributed by atoms with E-state index in [1.807, 2.05) is 97.6 Å². The summed E-state index contributed by atoms with van der Waals surface area (Å²) in [6.45, 7) is 15.2. The van der Waals surface area contributed by atoms with Crippen LogP contribution in [-0.4, -0.2) is 210 Å². The van der Waals surface area contributed by atoms with Gasteiger partial charge in [-0.05, 0) is 62.4 Å². The van der Waals surface area contributed by atoms with Gasteiger partial charge in [-0.15, -0.1) is 0 Å². The quantitative estimate of drug-likeness (QED) is 0.0794. The topological polar surface area (TPSA) is 173 Å². The Balaban J connectivity index is 1.13. The number of rotatable bonds is 28.